The first-order chi connectivity index (χ1) is 24.1. The zero-order chi connectivity index (χ0) is 37.1. The Morgan fingerprint density at radius 1 is 0.620 bits per heavy atom. The van der Waals surface area contributed by atoms with E-state index in [4.69, 9.17) is 14.2 Å². The van der Waals surface area contributed by atoms with E-state index in [9.17, 15) is 19.5 Å². The SMILES string of the molecule is CC/C=C\C/C=C\C/C=C\C/C=C\C/C=C\CCCCCC(=O)OC(COCCC(C(=O)[O-])[N+](C)(C)C)COC(=O)CCCCCCCCC. The van der Waals surface area contributed by atoms with Crippen molar-refractivity contribution in [1.29, 1.82) is 0 Å². The predicted octanol–water partition coefficient (Wildman–Crippen LogP) is 8.52. The molecule has 0 amide bonds. The first-order valence-corrected chi connectivity index (χ1v) is 19.3. The largest absolute Gasteiger partial charge is 0.544 e. The van der Waals surface area contributed by atoms with Crippen molar-refractivity contribution < 1.29 is 38.2 Å². The van der Waals surface area contributed by atoms with Crippen molar-refractivity contribution >= 4 is 17.9 Å². The van der Waals surface area contributed by atoms with Crippen LogP contribution < -0.4 is 5.11 Å². The number of unbranched alkanes of at least 4 members (excludes halogenated alkanes) is 9. The van der Waals surface area contributed by atoms with Gasteiger partial charge in [0.2, 0.25) is 0 Å². The second-order valence-corrected chi connectivity index (χ2v) is 13.8. The zero-order valence-electron chi connectivity index (χ0n) is 32.3. The molecule has 8 nitrogen and oxygen atoms in total. The summed E-state index contributed by atoms with van der Waals surface area (Å²) in [6.45, 7) is 4.44. The summed E-state index contributed by atoms with van der Waals surface area (Å²) in [5, 5.41) is 11.6. The third-order valence-electron chi connectivity index (χ3n) is 8.17. The fraction of sp³-hybridized carbons (Fsp3) is 0.690. The molecule has 0 aliphatic carbocycles. The lowest BCUT2D eigenvalue weighted by molar-refractivity contribution is -0.889. The number of aliphatic carboxylic acids is 1. The maximum atomic E-state index is 12.6. The van der Waals surface area contributed by atoms with E-state index in [1.807, 2.05) is 0 Å². The van der Waals surface area contributed by atoms with Crippen LogP contribution in [0.5, 0.6) is 0 Å². The summed E-state index contributed by atoms with van der Waals surface area (Å²) in [4.78, 5) is 36.5. The van der Waals surface area contributed by atoms with Crippen LogP contribution in [0.25, 0.3) is 0 Å². The fourth-order valence-electron chi connectivity index (χ4n) is 5.15. The Hall–Kier alpha value is -2.97. The van der Waals surface area contributed by atoms with Gasteiger partial charge in [0.15, 0.2) is 6.10 Å². The molecule has 0 rings (SSSR count). The number of carbonyl (C=O) groups is 3. The summed E-state index contributed by atoms with van der Waals surface area (Å²) in [6.07, 6.45) is 38.3. The third-order valence-corrected chi connectivity index (χ3v) is 8.17. The number of hydrogen-bond acceptors (Lipinski definition) is 7. The van der Waals surface area contributed by atoms with E-state index in [1.54, 1.807) is 21.1 Å². The molecule has 0 aromatic carbocycles. The van der Waals surface area contributed by atoms with Gasteiger partial charge in [0, 0.05) is 19.3 Å². The topological polar surface area (TPSA) is 102 Å². The lowest BCUT2D eigenvalue weighted by Gasteiger charge is -2.34. The Morgan fingerprint density at radius 3 is 1.66 bits per heavy atom. The van der Waals surface area contributed by atoms with Crippen molar-refractivity contribution in [2.24, 2.45) is 0 Å². The molecular formula is C42H71NO7. The van der Waals surface area contributed by atoms with Gasteiger partial charge in [-0.2, -0.15) is 0 Å². The zero-order valence-corrected chi connectivity index (χ0v) is 32.3. The second-order valence-electron chi connectivity index (χ2n) is 13.8. The molecule has 0 radical (unpaired) electrons. The Kier molecular flexibility index (Phi) is 31.2. The van der Waals surface area contributed by atoms with Crippen molar-refractivity contribution in [3.63, 3.8) is 0 Å². The molecule has 0 fully saturated rings. The molecule has 50 heavy (non-hydrogen) atoms. The van der Waals surface area contributed by atoms with E-state index in [0.29, 0.717) is 12.8 Å². The molecule has 0 heterocycles. The van der Waals surface area contributed by atoms with E-state index in [1.165, 1.54) is 25.7 Å². The Morgan fingerprint density at radius 2 is 1.12 bits per heavy atom. The van der Waals surface area contributed by atoms with Gasteiger partial charge >= 0.3 is 11.9 Å². The van der Waals surface area contributed by atoms with Crippen LogP contribution in [0.1, 0.15) is 136 Å². The highest BCUT2D eigenvalue weighted by molar-refractivity contribution is 5.70. The summed E-state index contributed by atoms with van der Waals surface area (Å²) in [5.41, 5.74) is 0. The van der Waals surface area contributed by atoms with Crippen LogP contribution in [0.4, 0.5) is 0 Å². The highest BCUT2D eigenvalue weighted by Gasteiger charge is 2.25. The average molecular weight is 702 g/mol. The molecule has 2 atom stereocenters. The maximum Gasteiger partial charge on any atom is 0.306 e. The van der Waals surface area contributed by atoms with Crippen LogP contribution in [0, 0.1) is 0 Å². The highest BCUT2D eigenvalue weighted by atomic mass is 16.6. The Bertz CT molecular complexity index is 1010. The van der Waals surface area contributed by atoms with Gasteiger partial charge in [0.1, 0.15) is 12.6 Å². The van der Waals surface area contributed by atoms with Gasteiger partial charge in [0.05, 0.1) is 40.3 Å². The Balaban J connectivity index is 4.42. The molecular weight excluding hydrogens is 630 g/mol. The van der Waals surface area contributed by atoms with E-state index < -0.39 is 18.1 Å². The summed E-state index contributed by atoms with van der Waals surface area (Å²) in [6, 6.07) is -0.731. The highest BCUT2D eigenvalue weighted by Crippen LogP contribution is 2.12. The molecule has 8 heteroatoms. The third kappa shape index (κ3) is 31.0. The van der Waals surface area contributed by atoms with Gasteiger partial charge in [-0.15, -0.1) is 0 Å². The fourth-order valence-corrected chi connectivity index (χ4v) is 5.15. The normalized spacial score (nSPS) is 13.7. The van der Waals surface area contributed by atoms with Gasteiger partial charge in [-0.05, 0) is 57.8 Å². The number of ether oxygens (including phenoxy) is 3. The minimum Gasteiger partial charge on any atom is -0.544 e. The Labute approximate surface area is 305 Å². The van der Waals surface area contributed by atoms with Crippen molar-refractivity contribution in [3.05, 3.63) is 60.8 Å². The quantitative estimate of drug-likeness (QED) is 0.0293. The number of quaternary nitrogens is 1. The smallest absolute Gasteiger partial charge is 0.306 e. The van der Waals surface area contributed by atoms with Gasteiger partial charge in [-0.3, -0.25) is 9.59 Å². The van der Waals surface area contributed by atoms with Crippen LogP contribution >= 0.6 is 0 Å². The number of nitrogens with zero attached hydrogens (tertiary/aromatic N) is 1. The van der Waals surface area contributed by atoms with E-state index in [2.05, 4.69) is 74.6 Å². The first kappa shape index (κ1) is 47.0. The summed E-state index contributed by atoms with van der Waals surface area (Å²) in [5.74, 6) is -1.79. The molecule has 0 aromatic heterocycles. The van der Waals surface area contributed by atoms with Crippen molar-refractivity contribution in [3.8, 4) is 0 Å². The number of allylic oxidation sites excluding steroid dienone is 10. The minimum atomic E-state index is -1.13. The molecule has 0 aliphatic heterocycles. The molecule has 0 bridgehead atoms. The number of carboxylic acids is 1. The van der Waals surface area contributed by atoms with E-state index in [0.717, 1.165) is 70.6 Å². The van der Waals surface area contributed by atoms with Crippen LogP contribution in [-0.4, -0.2) is 75.5 Å². The first-order valence-electron chi connectivity index (χ1n) is 19.3. The number of carbonyl (C=O) groups excluding carboxylic acids is 3. The van der Waals surface area contributed by atoms with Crippen molar-refractivity contribution in [2.45, 2.75) is 148 Å². The lowest BCUT2D eigenvalue weighted by Crippen LogP contribution is -2.55. The number of hydrogen-bond donors (Lipinski definition) is 0. The summed E-state index contributed by atoms with van der Waals surface area (Å²) < 4.78 is 17.0. The number of esters is 2. The molecule has 0 N–H and O–H groups in total. The van der Waals surface area contributed by atoms with Crippen molar-refractivity contribution in [2.75, 3.05) is 41.0 Å². The minimum absolute atomic E-state index is 0.0252. The van der Waals surface area contributed by atoms with Crippen LogP contribution in [-0.2, 0) is 28.6 Å². The molecule has 286 valence electrons. The predicted molar refractivity (Wildman–Crippen MR) is 203 cm³/mol. The monoisotopic (exact) mass is 702 g/mol. The molecule has 0 aliphatic rings. The second kappa shape index (κ2) is 33.2. The van der Waals surface area contributed by atoms with Crippen LogP contribution in [0.2, 0.25) is 0 Å². The maximum absolute atomic E-state index is 12.6. The number of likely N-dealkylation sites (N-methyl/N-ethyl adjacent to an activating group) is 1. The summed E-state index contributed by atoms with van der Waals surface area (Å²) in [7, 11) is 5.37. The molecule has 0 aromatic rings. The number of rotatable bonds is 33. The molecule has 0 saturated carbocycles. The van der Waals surface area contributed by atoms with E-state index in [-0.39, 0.29) is 49.1 Å². The van der Waals surface area contributed by atoms with Gasteiger partial charge < -0.3 is 28.6 Å². The van der Waals surface area contributed by atoms with E-state index >= 15 is 0 Å². The molecule has 0 saturated heterocycles. The van der Waals surface area contributed by atoms with Crippen LogP contribution in [0.3, 0.4) is 0 Å². The van der Waals surface area contributed by atoms with Crippen LogP contribution in [0.15, 0.2) is 60.8 Å². The number of carboxylic acid groups (broad SMARTS) is 1. The van der Waals surface area contributed by atoms with Gasteiger partial charge in [-0.25, -0.2) is 0 Å². The average Bonchev–Trinajstić information content (AvgIpc) is 3.06. The van der Waals surface area contributed by atoms with Crippen molar-refractivity contribution in [1.82, 2.24) is 0 Å². The standard InChI is InChI=1S/C42H71NO7/c1-6-8-10-12-14-15-16-17-18-19-20-21-22-23-24-25-27-29-31-33-41(45)50-38(36-48-35-34-39(42(46)47)43(3,4)5)37-49-40(44)32-30-28-26-13-11-9-7-2/h8,10,14-15,17-18,20-21,23-24,38-39H,6-7,9,11-13,16,19,22,25-37H2,1-5H3/b10-8-,15-14-,18-17-,21-20-,24-23-. The van der Waals surface area contributed by atoms with Gasteiger partial charge in [-0.1, -0.05) is 120 Å². The molecule has 2 unspecified atom stereocenters. The van der Waals surface area contributed by atoms with Gasteiger partial charge in [0.25, 0.3) is 0 Å². The molecule has 0 spiro atoms. The lowest BCUT2D eigenvalue weighted by atomic mass is 10.1. The summed E-state index contributed by atoms with van der Waals surface area (Å²) >= 11 is 0.